The van der Waals surface area contributed by atoms with Crippen LogP contribution in [-0.4, -0.2) is 66.3 Å². The number of sulfone groups is 1. The lowest BCUT2D eigenvalue weighted by Crippen LogP contribution is -2.41. The molecule has 11 nitrogen and oxygen atoms in total. The number of methoxy groups -OCH3 is 1. The largest absolute Gasteiger partial charge is 0.497 e. The van der Waals surface area contributed by atoms with Gasteiger partial charge < -0.3 is 23.5 Å². The Hall–Kier alpha value is -3.94. The van der Waals surface area contributed by atoms with Crippen molar-refractivity contribution in [2.45, 2.75) is 77.0 Å². The summed E-state index contributed by atoms with van der Waals surface area (Å²) in [7, 11) is -2.93. The summed E-state index contributed by atoms with van der Waals surface area (Å²) in [6.07, 6.45) is 2.00. The molecule has 0 amide bonds. The van der Waals surface area contributed by atoms with Crippen LogP contribution in [0.15, 0.2) is 59.9 Å². The quantitative estimate of drug-likeness (QED) is 0.198. The second-order valence-corrected chi connectivity index (χ2v) is 15.0. The smallest absolute Gasteiger partial charge is 0.494 e. The fraction of sp³-hybridized carbons (Fsp3) is 0.406. The zero-order valence-electron chi connectivity index (χ0n) is 27.0. The number of nitrogens with zero attached hydrogens (tertiary/aromatic N) is 3. The summed E-state index contributed by atoms with van der Waals surface area (Å²) in [6, 6.07) is 14.3. The first-order chi connectivity index (χ1) is 20.9. The summed E-state index contributed by atoms with van der Waals surface area (Å²) in [4.78, 5) is 21.9. The maximum atomic E-state index is 13.4. The summed E-state index contributed by atoms with van der Waals surface area (Å²) in [6.45, 7) is 13.3. The molecule has 0 spiro atoms. The minimum absolute atomic E-state index is 0.0523. The van der Waals surface area contributed by atoms with E-state index in [9.17, 15) is 13.2 Å². The van der Waals surface area contributed by atoms with Gasteiger partial charge in [0, 0.05) is 29.5 Å². The number of ether oxygens (including phenoxy) is 3. The van der Waals surface area contributed by atoms with Gasteiger partial charge >= 0.3 is 13.2 Å². The molecule has 238 valence electrons. The van der Waals surface area contributed by atoms with Crippen LogP contribution in [0.25, 0.3) is 22.2 Å². The van der Waals surface area contributed by atoms with E-state index in [4.69, 9.17) is 23.5 Å². The second kappa shape index (κ2) is 11.5. The molecule has 13 heteroatoms. The van der Waals surface area contributed by atoms with Gasteiger partial charge in [-0.2, -0.15) is 4.98 Å². The van der Waals surface area contributed by atoms with Crippen molar-refractivity contribution in [1.82, 2.24) is 14.5 Å². The third kappa shape index (κ3) is 6.85. The minimum Gasteiger partial charge on any atom is -0.497 e. The number of benzene rings is 2. The van der Waals surface area contributed by atoms with Crippen molar-refractivity contribution in [2.75, 3.05) is 13.4 Å². The van der Waals surface area contributed by atoms with Gasteiger partial charge in [-0.3, -0.25) is 4.57 Å². The third-order valence-electron chi connectivity index (χ3n) is 7.78. The fourth-order valence-corrected chi connectivity index (χ4v) is 5.22. The molecule has 0 atom stereocenters. The van der Waals surface area contributed by atoms with Gasteiger partial charge in [-0.15, -0.1) is 0 Å². The zero-order chi connectivity index (χ0) is 32.9. The molecule has 0 N–H and O–H groups in total. The summed E-state index contributed by atoms with van der Waals surface area (Å²) in [5.74, 6) is 0.750. The van der Waals surface area contributed by atoms with Crippen LogP contribution < -0.4 is 14.9 Å². The Kier molecular flexibility index (Phi) is 8.26. The molecule has 1 fully saturated rings. The summed E-state index contributed by atoms with van der Waals surface area (Å²) in [5, 5.41) is 0.192. The molecule has 1 aliphatic rings. The van der Waals surface area contributed by atoms with Crippen molar-refractivity contribution in [3.05, 3.63) is 60.3 Å². The zero-order valence-corrected chi connectivity index (χ0v) is 27.8. The molecule has 1 saturated heterocycles. The lowest BCUT2D eigenvalue weighted by molar-refractivity contribution is 0.00578. The second-order valence-electron chi connectivity index (χ2n) is 13.0. The molecule has 2 aromatic carbocycles. The molecule has 3 heterocycles. The van der Waals surface area contributed by atoms with Gasteiger partial charge in [-0.25, -0.2) is 18.2 Å². The highest BCUT2D eigenvalue weighted by molar-refractivity contribution is 7.90. The number of rotatable bonds is 7. The van der Waals surface area contributed by atoms with Crippen LogP contribution in [-0.2, 0) is 30.5 Å². The topological polar surface area (TPSA) is 128 Å². The van der Waals surface area contributed by atoms with Gasteiger partial charge in [-0.1, -0.05) is 24.3 Å². The Balaban J connectivity index is 1.63. The molecule has 2 aromatic heterocycles. The van der Waals surface area contributed by atoms with Crippen LogP contribution >= 0.6 is 0 Å². The first kappa shape index (κ1) is 32.5. The molecule has 0 bridgehead atoms. The van der Waals surface area contributed by atoms with Crippen LogP contribution in [0.2, 0.25) is 0 Å². The number of carbonyl (C=O) groups is 1. The standard InChI is InChI=1S/C32H38BN3O8S/c1-30(2,3)42-29(37)36-18-24(23-16-21(12-15-26(23)36)33-43-31(4,5)32(6,7)44-33)25-17-27(35-28(34-25)45(9,38)39)41-19-20-10-13-22(40-8)14-11-20/h10-18H,19H2,1-9H3. The molecular formula is C32H38BN3O8S. The van der Waals surface area contributed by atoms with E-state index in [2.05, 4.69) is 9.97 Å². The molecule has 45 heavy (non-hydrogen) atoms. The maximum Gasteiger partial charge on any atom is 0.494 e. The minimum atomic E-state index is -3.84. The average Bonchev–Trinajstić information content (AvgIpc) is 3.43. The number of aromatic nitrogens is 3. The van der Waals surface area contributed by atoms with Crippen LogP contribution in [0.5, 0.6) is 11.6 Å². The van der Waals surface area contributed by atoms with Gasteiger partial charge in [-0.05, 0) is 77.7 Å². The molecule has 4 aromatic rings. The van der Waals surface area contributed by atoms with Gasteiger partial charge in [0.1, 0.15) is 18.0 Å². The molecular weight excluding hydrogens is 597 g/mol. The summed E-state index contributed by atoms with van der Waals surface area (Å²) < 4.78 is 56.2. The monoisotopic (exact) mass is 635 g/mol. The van der Waals surface area contributed by atoms with Crippen molar-refractivity contribution < 1.29 is 36.7 Å². The van der Waals surface area contributed by atoms with Crippen molar-refractivity contribution >= 4 is 39.4 Å². The lowest BCUT2D eigenvalue weighted by Gasteiger charge is -2.32. The van der Waals surface area contributed by atoms with E-state index < -0.39 is 45.0 Å². The first-order valence-electron chi connectivity index (χ1n) is 14.5. The van der Waals surface area contributed by atoms with E-state index in [0.717, 1.165) is 17.3 Å². The normalized spacial score (nSPS) is 16.2. The number of hydrogen-bond acceptors (Lipinski definition) is 10. The van der Waals surface area contributed by atoms with Crippen LogP contribution in [0, 0.1) is 0 Å². The Morgan fingerprint density at radius 1 is 0.978 bits per heavy atom. The Labute approximate surface area is 263 Å². The summed E-state index contributed by atoms with van der Waals surface area (Å²) >= 11 is 0. The Bertz CT molecular complexity index is 1850. The van der Waals surface area contributed by atoms with E-state index in [-0.39, 0.29) is 18.2 Å². The van der Waals surface area contributed by atoms with Gasteiger partial charge in [0.15, 0.2) is 0 Å². The van der Waals surface area contributed by atoms with E-state index >= 15 is 0 Å². The van der Waals surface area contributed by atoms with Crippen LogP contribution in [0.3, 0.4) is 0 Å². The predicted molar refractivity (Wildman–Crippen MR) is 171 cm³/mol. The maximum absolute atomic E-state index is 13.4. The lowest BCUT2D eigenvalue weighted by atomic mass is 9.78. The van der Waals surface area contributed by atoms with Gasteiger partial charge in [0.05, 0.1) is 29.5 Å². The van der Waals surface area contributed by atoms with Gasteiger partial charge in [0.2, 0.25) is 15.7 Å². The average molecular weight is 636 g/mol. The number of fused-ring (bicyclic) bond motifs is 1. The Morgan fingerprint density at radius 3 is 2.20 bits per heavy atom. The van der Waals surface area contributed by atoms with Crippen molar-refractivity contribution in [3.63, 3.8) is 0 Å². The SMILES string of the molecule is COc1ccc(COc2cc(-c3cn(C(=O)OC(C)(C)C)c4ccc(B5OC(C)(C)C(C)(C)O5)cc34)nc(S(C)(=O)=O)n2)cc1. The van der Waals surface area contributed by atoms with Crippen molar-refractivity contribution in [3.8, 4) is 22.9 Å². The first-order valence-corrected chi connectivity index (χ1v) is 16.4. The van der Waals surface area contributed by atoms with E-state index in [0.29, 0.717) is 22.2 Å². The fourth-order valence-electron chi connectivity index (χ4n) is 4.70. The molecule has 0 radical (unpaired) electrons. The van der Waals surface area contributed by atoms with Gasteiger partial charge in [0.25, 0.3) is 5.16 Å². The van der Waals surface area contributed by atoms with E-state index in [1.165, 1.54) is 4.57 Å². The van der Waals surface area contributed by atoms with Crippen molar-refractivity contribution in [1.29, 1.82) is 0 Å². The highest BCUT2D eigenvalue weighted by Gasteiger charge is 2.51. The highest BCUT2D eigenvalue weighted by Crippen LogP contribution is 2.38. The molecule has 0 saturated carbocycles. The van der Waals surface area contributed by atoms with E-state index in [1.807, 2.05) is 52.0 Å². The molecule has 0 unspecified atom stereocenters. The molecule has 1 aliphatic heterocycles. The van der Waals surface area contributed by atoms with Crippen molar-refractivity contribution in [2.24, 2.45) is 0 Å². The molecule has 0 aliphatic carbocycles. The highest BCUT2D eigenvalue weighted by atomic mass is 32.2. The molecule has 5 rings (SSSR count). The van der Waals surface area contributed by atoms with E-state index in [1.54, 1.807) is 58.3 Å². The van der Waals surface area contributed by atoms with Crippen LogP contribution in [0.1, 0.15) is 54.0 Å². The predicted octanol–water partition coefficient (Wildman–Crippen LogP) is 5.17. The van der Waals surface area contributed by atoms with Crippen LogP contribution in [0.4, 0.5) is 4.79 Å². The Morgan fingerprint density at radius 2 is 1.62 bits per heavy atom. The number of carbonyl (C=O) groups excluding carboxylic acids is 1. The summed E-state index contributed by atoms with van der Waals surface area (Å²) in [5.41, 5.74) is 0.903. The third-order valence-corrected chi connectivity index (χ3v) is 8.63. The number of hydrogen-bond donors (Lipinski definition) is 0.